The minimum atomic E-state index is -0.0191. The van der Waals surface area contributed by atoms with Crippen LogP contribution < -0.4 is 11.2 Å². The van der Waals surface area contributed by atoms with E-state index < -0.39 is 0 Å². The van der Waals surface area contributed by atoms with Gasteiger partial charge in [0.15, 0.2) is 0 Å². The van der Waals surface area contributed by atoms with Crippen molar-refractivity contribution in [3.05, 3.63) is 75.8 Å². The number of hydrazine groups is 1. The van der Waals surface area contributed by atoms with Crippen LogP contribution in [0.5, 0.6) is 0 Å². The van der Waals surface area contributed by atoms with Crippen molar-refractivity contribution in [3.63, 3.8) is 0 Å². The predicted octanol–water partition coefficient (Wildman–Crippen LogP) is 2.57. The number of hydrogen-bond donors (Lipinski definition) is 2. The summed E-state index contributed by atoms with van der Waals surface area (Å²) in [4.78, 5) is 14.9. The van der Waals surface area contributed by atoms with Crippen molar-refractivity contribution in [2.24, 2.45) is 5.73 Å². The zero-order chi connectivity index (χ0) is 19.0. The molecule has 1 amide bonds. The minimum absolute atomic E-state index is 0.0191. The van der Waals surface area contributed by atoms with E-state index in [2.05, 4.69) is 23.6 Å². The molecule has 27 heavy (non-hydrogen) atoms. The first-order valence-electron chi connectivity index (χ1n) is 9.12. The van der Waals surface area contributed by atoms with Gasteiger partial charge in [0.25, 0.3) is 5.91 Å². The summed E-state index contributed by atoms with van der Waals surface area (Å²) in [6, 6.07) is 16.1. The van der Waals surface area contributed by atoms with Crippen LogP contribution in [-0.4, -0.2) is 42.0 Å². The summed E-state index contributed by atoms with van der Waals surface area (Å²) in [7, 11) is 1.94. The van der Waals surface area contributed by atoms with Crippen molar-refractivity contribution < 1.29 is 4.79 Å². The van der Waals surface area contributed by atoms with Crippen LogP contribution >= 0.6 is 11.6 Å². The molecule has 0 saturated carbocycles. The van der Waals surface area contributed by atoms with Crippen LogP contribution in [0.25, 0.3) is 5.70 Å². The maximum absolute atomic E-state index is 13.0. The van der Waals surface area contributed by atoms with Gasteiger partial charge in [-0.1, -0.05) is 48.0 Å². The third-order valence-corrected chi connectivity index (χ3v) is 5.61. The van der Waals surface area contributed by atoms with Crippen molar-refractivity contribution >= 4 is 23.2 Å². The van der Waals surface area contributed by atoms with Crippen molar-refractivity contribution in [3.8, 4) is 0 Å². The Labute approximate surface area is 164 Å². The van der Waals surface area contributed by atoms with Crippen LogP contribution in [0.1, 0.15) is 27.0 Å². The highest BCUT2D eigenvalue weighted by Gasteiger charge is 2.33. The lowest BCUT2D eigenvalue weighted by Gasteiger charge is -2.26. The molecule has 0 spiro atoms. The number of amides is 1. The van der Waals surface area contributed by atoms with Gasteiger partial charge >= 0.3 is 0 Å². The molecule has 3 N–H and O–H groups in total. The van der Waals surface area contributed by atoms with Crippen molar-refractivity contribution in [2.45, 2.75) is 19.0 Å². The van der Waals surface area contributed by atoms with E-state index in [4.69, 9.17) is 17.3 Å². The van der Waals surface area contributed by atoms with E-state index in [9.17, 15) is 4.79 Å². The summed E-state index contributed by atoms with van der Waals surface area (Å²) in [6.45, 7) is 1.64. The second kappa shape index (κ2) is 7.35. The molecule has 0 fully saturated rings. The normalized spacial score (nSPS) is 17.7. The number of hydrogen-bond acceptors (Lipinski definition) is 4. The molecule has 2 aromatic rings. The highest BCUT2D eigenvalue weighted by Crippen LogP contribution is 2.32. The molecule has 4 rings (SSSR count). The van der Waals surface area contributed by atoms with Gasteiger partial charge in [-0.3, -0.25) is 4.79 Å². The number of benzene rings is 2. The highest BCUT2D eigenvalue weighted by atomic mass is 35.5. The smallest absolute Gasteiger partial charge is 0.254 e. The molecule has 5 nitrogen and oxygen atoms in total. The number of halogens is 1. The first-order valence-corrected chi connectivity index (χ1v) is 9.50. The Morgan fingerprint density at radius 3 is 2.67 bits per heavy atom. The molecule has 1 atom stereocenters. The predicted molar refractivity (Wildman–Crippen MR) is 108 cm³/mol. The van der Waals surface area contributed by atoms with Gasteiger partial charge in [0.1, 0.15) is 0 Å². The minimum Gasteiger partial charge on any atom is -0.330 e. The Morgan fingerprint density at radius 2 is 2.00 bits per heavy atom. The van der Waals surface area contributed by atoms with E-state index in [0.717, 1.165) is 33.8 Å². The van der Waals surface area contributed by atoms with Crippen molar-refractivity contribution in [1.29, 1.82) is 0 Å². The molecule has 0 bridgehead atoms. The molecular weight excluding hydrogens is 360 g/mol. The van der Waals surface area contributed by atoms with Crippen LogP contribution in [0.15, 0.2) is 53.6 Å². The number of carbonyl (C=O) groups excluding carboxylic acids is 1. The Kier molecular flexibility index (Phi) is 4.91. The number of fused-ring (bicyclic) bond motifs is 1. The van der Waals surface area contributed by atoms with Crippen molar-refractivity contribution in [1.82, 2.24) is 15.3 Å². The van der Waals surface area contributed by atoms with Crippen LogP contribution in [0.4, 0.5) is 0 Å². The summed E-state index contributed by atoms with van der Waals surface area (Å²) in [5.41, 5.74) is 14.2. The Balaban J connectivity index is 1.59. The second-order valence-electron chi connectivity index (χ2n) is 7.03. The lowest BCUT2D eigenvalue weighted by molar-refractivity contribution is 0.0708. The molecule has 2 aliphatic heterocycles. The zero-order valence-electron chi connectivity index (χ0n) is 15.3. The average molecular weight is 383 g/mol. The van der Waals surface area contributed by atoms with E-state index in [1.165, 1.54) is 5.56 Å². The maximum atomic E-state index is 13.0. The molecule has 0 aliphatic carbocycles. The topological polar surface area (TPSA) is 61.6 Å². The van der Waals surface area contributed by atoms with Gasteiger partial charge in [0.2, 0.25) is 0 Å². The fraction of sp³-hybridized carbons (Fsp3) is 0.286. The largest absolute Gasteiger partial charge is 0.330 e. The zero-order valence-corrected chi connectivity index (χ0v) is 16.0. The Morgan fingerprint density at radius 1 is 1.22 bits per heavy atom. The Bertz CT molecular complexity index is 896. The molecule has 0 unspecified atom stereocenters. The van der Waals surface area contributed by atoms with E-state index in [0.29, 0.717) is 19.6 Å². The highest BCUT2D eigenvalue weighted by molar-refractivity contribution is 6.33. The molecule has 2 aliphatic rings. The van der Waals surface area contributed by atoms with Crippen LogP contribution in [0.3, 0.4) is 0 Å². The summed E-state index contributed by atoms with van der Waals surface area (Å²) in [6.07, 6.45) is 0.758. The SMILES string of the molecule is CN1NCC(Cl)=C1c1ccc2c(c1)CN([C@H](CN)Cc1ccccc1)C2=O. The summed E-state index contributed by atoms with van der Waals surface area (Å²) >= 11 is 6.36. The Hall–Kier alpha value is -2.34. The van der Waals surface area contributed by atoms with E-state index in [1.807, 2.05) is 47.3 Å². The molecular formula is C21H23ClN4O. The number of nitrogens with two attached hydrogens (primary N) is 1. The van der Waals surface area contributed by atoms with Gasteiger partial charge in [0.05, 0.1) is 17.3 Å². The van der Waals surface area contributed by atoms with Crippen LogP contribution in [0.2, 0.25) is 0 Å². The van der Waals surface area contributed by atoms with Gasteiger partial charge in [-0.05, 0) is 29.7 Å². The lowest BCUT2D eigenvalue weighted by Crippen LogP contribution is -2.42. The average Bonchev–Trinajstić information content (AvgIpc) is 3.19. The summed E-state index contributed by atoms with van der Waals surface area (Å²) in [5.74, 6) is 0.0564. The standard InChI is InChI=1S/C21H23ClN4O/c1-25-20(19(22)12-24-25)15-7-8-18-16(10-15)13-26(21(18)27)17(11-23)9-14-5-3-2-4-6-14/h2-8,10,17,24H,9,11-13,23H2,1H3/t17-/m0/s1. The molecule has 6 heteroatoms. The van der Waals surface area contributed by atoms with E-state index in [1.54, 1.807) is 0 Å². The van der Waals surface area contributed by atoms with Crippen molar-refractivity contribution in [2.75, 3.05) is 20.1 Å². The lowest BCUT2D eigenvalue weighted by atomic mass is 10.0. The van der Waals surface area contributed by atoms with Gasteiger partial charge < -0.3 is 15.6 Å². The fourth-order valence-corrected chi connectivity index (χ4v) is 4.17. The van der Waals surface area contributed by atoms with Gasteiger partial charge in [-0.15, -0.1) is 0 Å². The molecule has 0 aromatic heterocycles. The first kappa shape index (κ1) is 18.0. The fourth-order valence-electron chi connectivity index (χ4n) is 3.88. The molecule has 0 saturated heterocycles. The van der Waals surface area contributed by atoms with Gasteiger partial charge in [-0.2, -0.15) is 0 Å². The van der Waals surface area contributed by atoms with E-state index >= 15 is 0 Å². The first-order chi connectivity index (χ1) is 13.1. The van der Waals surface area contributed by atoms with Gasteiger partial charge in [-0.25, -0.2) is 5.43 Å². The number of nitrogens with zero attached hydrogens (tertiary/aromatic N) is 2. The van der Waals surface area contributed by atoms with Gasteiger partial charge in [0, 0.05) is 37.3 Å². The molecule has 2 aromatic carbocycles. The van der Waals surface area contributed by atoms with Crippen LogP contribution in [-0.2, 0) is 13.0 Å². The quantitative estimate of drug-likeness (QED) is 0.834. The van der Waals surface area contributed by atoms with Crippen LogP contribution in [0, 0.1) is 0 Å². The second-order valence-corrected chi connectivity index (χ2v) is 7.49. The number of nitrogens with one attached hydrogen (secondary N) is 1. The third kappa shape index (κ3) is 3.34. The number of rotatable bonds is 5. The maximum Gasteiger partial charge on any atom is 0.254 e. The molecule has 0 radical (unpaired) electrons. The number of carbonyl (C=O) groups is 1. The summed E-state index contributed by atoms with van der Waals surface area (Å²) < 4.78 is 0. The summed E-state index contributed by atoms with van der Waals surface area (Å²) in [5, 5.41) is 2.71. The monoisotopic (exact) mass is 382 g/mol. The molecule has 140 valence electrons. The third-order valence-electron chi connectivity index (χ3n) is 5.30. The molecule has 2 heterocycles. The van der Waals surface area contributed by atoms with E-state index in [-0.39, 0.29) is 11.9 Å².